The third-order valence-corrected chi connectivity index (χ3v) is 2.53. The van der Waals surface area contributed by atoms with Gasteiger partial charge in [0.05, 0.1) is 0 Å². The van der Waals surface area contributed by atoms with Gasteiger partial charge in [0.25, 0.3) is 5.56 Å². The largest absolute Gasteiger partial charge is 0.332 e. The first-order valence-corrected chi connectivity index (χ1v) is 5.22. The molecule has 0 saturated carbocycles. The van der Waals surface area contributed by atoms with Gasteiger partial charge in [-0.1, -0.05) is 0 Å². The van der Waals surface area contributed by atoms with Crippen molar-refractivity contribution in [1.82, 2.24) is 19.9 Å². The van der Waals surface area contributed by atoms with Crippen LogP contribution in [0.3, 0.4) is 0 Å². The first-order chi connectivity index (χ1) is 9.02. The van der Waals surface area contributed by atoms with Crippen LogP contribution < -0.4 is 11.2 Å². The highest BCUT2D eigenvalue weighted by atomic mass is 19.1. The van der Waals surface area contributed by atoms with E-state index in [-0.39, 0.29) is 22.6 Å². The molecule has 96 valence electrons. The topological polar surface area (TPSA) is 94.4 Å². The van der Waals surface area contributed by atoms with Crippen LogP contribution in [0.5, 0.6) is 0 Å². The van der Waals surface area contributed by atoms with E-state index in [0.717, 1.165) is 18.2 Å². The molecule has 0 amide bonds. The zero-order valence-corrected chi connectivity index (χ0v) is 9.25. The zero-order chi connectivity index (χ0) is 13.6. The fraction of sp³-hybridized carbons (Fsp3) is 0. The summed E-state index contributed by atoms with van der Waals surface area (Å²) in [7, 11) is 0. The molecule has 2 aromatic heterocycles. The average Bonchev–Trinajstić information content (AvgIpc) is 2.71. The van der Waals surface area contributed by atoms with E-state index in [1.54, 1.807) is 0 Å². The smallest absolute Gasteiger partial charge is 0.327 e. The number of nitrogens with zero attached hydrogens (tertiary/aromatic N) is 1. The molecule has 8 heteroatoms. The Balaban J connectivity index is 2.29. The van der Waals surface area contributed by atoms with Gasteiger partial charge in [-0.15, -0.1) is 0 Å². The molecule has 0 unspecified atom stereocenters. The lowest BCUT2D eigenvalue weighted by Gasteiger charge is -1.97. The Hall–Kier alpha value is -2.77. The van der Waals surface area contributed by atoms with Crippen LogP contribution in [0.25, 0.3) is 22.6 Å². The predicted molar refractivity (Wildman–Crippen MR) is 62.7 cm³/mol. The van der Waals surface area contributed by atoms with Gasteiger partial charge in [0.2, 0.25) is 0 Å². The number of rotatable bonds is 1. The van der Waals surface area contributed by atoms with Crippen molar-refractivity contribution in [2.45, 2.75) is 0 Å². The summed E-state index contributed by atoms with van der Waals surface area (Å²) >= 11 is 0. The summed E-state index contributed by atoms with van der Waals surface area (Å²) in [6.45, 7) is 0. The molecule has 0 atom stereocenters. The van der Waals surface area contributed by atoms with Crippen LogP contribution in [0.15, 0.2) is 27.8 Å². The first kappa shape index (κ1) is 11.3. The molecule has 0 spiro atoms. The third kappa shape index (κ3) is 1.92. The quantitative estimate of drug-likeness (QED) is 0.609. The molecule has 3 rings (SSSR count). The van der Waals surface area contributed by atoms with E-state index in [2.05, 4.69) is 15.0 Å². The summed E-state index contributed by atoms with van der Waals surface area (Å²) in [6, 6.07) is 2.85. The van der Waals surface area contributed by atoms with E-state index in [1.807, 2.05) is 4.98 Å². The highest BCUT2D eigenvalue weighted by Gasteiger charge is 2.11. The lowest BCUT2D eigenvalue weighted by Crippen LogP contribution is -2.21. The van der Waals surface area contributed by atoms with Gasteiger partial charge in [-0.25, -0.2) is 18.6 Å². The van der Waals surface area contributed by atoms with E-state index in [9.17, 15) is 18.4 Å². The predicted octanol–water partition coefficient (Wildman–Crippen LogP) is 0.885. The van der Waals surface area contributed by atoms with Crippen LogP contribution in [-0.2, 0) is 0 Å². The monoisotopic (exact) mass is 264 g/mol. The molecule has 0 saturated heterocycles. The maximum atomic E-state index is 13.1. The van der Waals surface area contributed by atoms with Gasteiger partial charge in [-0.05, 0) is 12.1 Å². The number of aromatic nitrogens is 4. The van der Waals surface area contributed by atoms with Crippen LogP contribution in [0.2, 0.25) is 0 Å². The van der Waals surface area contributed by atoms with Crippen molar-refractivity contribution in [3.63, 3.8) is 0 Å². The number of aromatic amines is 3. The van der Waals surface area contributed by atoms with Crippen molar-refractivity contribution in [3.8, 4) is 11.4 Å². The maximum absolute atomic E-state index is 13.1. The van der Waals surface area contributed by atoms with Crippen LogP contribution in [-0.4, -0.2) is 19.9 Å². The molecule has 6 nitrogen and oxygen atoms in total. The molecular formula is C11H6F2N4O2. The Bertz CT molecular complexity index is 873. The van der Waals surface area contributed by atoms with Gasteiger partial charge in [-0.3, -0.25) is 14.8 Å². The fourth-order valence-corrected chi connectivity index (χ4v) is 1.76. The number of H-pyrrole nitrogens is 3. The molecule has 0 aliphatic carbocycles. The highest BCUT2D eigenvalue weighted by molar-refractivity contribution is 5.74. The van der Waals surface area contributed by atoms with E-state index in [1.165, 1.54) is 0 Å². The number of fused-ring (bicyclic) bond motifs is 1. The number of hydrogen-bond donors (Lipinski definition) is 3. The van der Waals surface area contributed by atoms with Gasteiger partial charge < -0.3 is 4.98 Å². The highest BCUT2D eigenvalue weighted by Crippen LogP contribution is 2.19. The Morgan fingerprint density at radius 1 is 0.947 bits per heavy atom. The Labute approximate surface area is 103 Å². The standard InChI is InChI=1S/C11H6F2N4O2/c12-5-1-4(2-6(13)3-5)8-14-7-9(15-8)16-11(19)17-10(7)18/h1-3H,(H3,14,15,16,17,18,19). The minimum absolute atomic E-state index is 0.0217. The minimum Gasteiger partial charge on any atom is -0.332 e. The first-order valence-electron chi connectivity index (χ1n) is 5.22. The molecule has 1 aromatic carbocycles. The van der Waals surface area contributed by atoms with Crippen molar-refractivity contribution in [1.29, 1.82) is 0 Å². The molecule has 0 radical (unpaired) electrons. The van der Waals surface area contributed by atoms with Crippen LogP contribution in [0.1, 0.15) is 0 Å². The van der Waals surface area contributed by atoms with Gasteiger partial charge in [0.15, 0.2) is 5.65 Å². The Morgan fingerprint density at radius 2 is 1.63 bits per heavy atom. The number of imidazole rings is 1. The second-order valence-electron chi connectivity index (χ2n) is 3.88. The summed E-state index contributed by atoms with van der Waals surface area (Å²) in [6.07, 6.45) is 0. The summed E-state index contributed by atoms with van der Waals surface area (Å²) < 4.78 is 26.2. The van der Waals surface area contributed by atoms with Crippen molar-refractivity contribution >= 4 is 11.2 Å². The molecule has 2 heterocycles. The summed E-state index contributed by atoms with van der Waals surface area (Å²) in [5, 5.41) is 0. The van der Waals surface area contributed by atoms with E-state index in [4.69, 9.17) is 0 Å². The average molecular weight is 264 g/mol. The third-order valence-electron chi connectivity index (χ3n) is 2.53. The number of benzene rings is 1. The van der Waals surface area contributed by atoms with Crippen LogP contribution >= 0.6 is 0 Å². The molecular weight excluding hydrogens is 258 g/mol. The lowest BCUT2D eigenvalue weighted by molar-refractivity contribution is 0.584. The van der Waals surface area contributed by atoms with Crippen LogP contribution in [0.4, 0.5) is 8.78 Å². The number of nitrogens with one attached hydrogen (secondary N) is 3. The van der Waals surface area contributed by atoms with E-state index < -0.39 is 22.9 Å². The summed E-state index contributed by atoms with van der Waals surface area (Å²) in [5.74, 6) is -1.45. The van der Waals surface area contributed by atoms with Gasteiger partial charge in [-0.2, -0.15) is 0 Å². The molecule has 0 aliphatic rings. The molecule has 0 aliphatic heterocycles. The fourth-order valence-electron chi connectivity index (χ4n) is 1.76. The molecule has 3 aromatic rings. The summed E-state index contributed by atoms with van der Waals surface area (Å²) in [4.78, 5) is 33.4. The maximum Gasteiger partial charge on any atom is 0.327 e. The molecule has 0 fully saturated rings. The van der Waals surface area contributed by atoms with Crippen molar-refractivity contribution in [2.75, 3.05) is 0 Å². The second kappa shape index (κ2) is 3.87. The van der Waals surface area contributed by atoms with Crippen molar-refractivity contribution in [3.05, 3.63) is 50.7 Å². The van der Waals surface area contributed by atoms with Gasteiger partial charge in [0, 0.05) is 11.6 Å². The Kier molecular flexibility index (Phi) is 2.31. The zero-order valence-electron chi connectivity index (χ0n) is 9.25. The molecule has 19 heavy (non-hydrogen) atoms. The van der Waals surface area contributed by atoms with E-state index in [0.29, 0.717) is 0 Å². The van der Waals surface area contributed by atoms with Crippen molar-refractivity contribution in [2.24, 2.45) is 0 Å². The van der Waals surface area contributed by atoms with E-state index >= 15 is 0 Å². The second-order valence-corrected chi connectivity index (χ2v) is 3.88. The van der Waals surface area contributed by atoms with Crippen LogP contribution in [0, 0.1) is 11.6 Å². The minimum atomic E-state index is -0.766. The normalized spacial score (nSPS) is 11.1. The molecule has 3 N–H and O–H groups in total. The number of hydrogen-bond acceptors (Lipinski definition) is 3. The lowest BCUT2D eigenvalue weighted by atomic mass is 10.2. The van der Waals surface area contributed by atoms with Crippen molar-refractivity contribution < 1.29 is 8.78 Å². The number of halogens is 2. The molecule has 0 bridgehead atoms. The Morgan fingerprint density at radius 3 is 2.32 bits per heavy atom. The van der Waals surface area contributed by atoms with Gasteiger partial charge in [0.1, 0.15) is 23.0 Å². The summed E-state index contributed by atoms with van der Waals surface area (Å²) in [5.41, 5.74) is -1.18. The SMILES string of the molecule is O=c1[nH]c(=O)c2[nH]c(-c3cc(F)cc(F)c3)nc2[nH]1. The van der Waals surface area contributed by atoms with Gasteiger partial charge >= 0.3 is 5.69 Å².